The summed E-state index contributed by atoms with van der Waals surface area (Å²) in [4.78, 5) is 0. The van der Waals surface area contributed by atoms with Gasteiger partial charge in [-0.15, -0.1) is 0 Å². The molecule has 88 valence electrons. The molecule has 0 unspecified atom stereocenters. The van der Waals surface area contributed by atoms with E-state index in [2.05, 4.69) is 5.32 Å². The smallest absolute Gasteiger partial charge is 0.303 e. The normalized spacial score (nSPS) is 18.4. The third-order valence-corrected chi connectivity index (χ3v) is 3.01. The summed E-state index contributed by atoms with van der Waals surface area (Å²) in [6, 6.07) is 9.54. The van der Waals surface area contributed by atoms with Crippen LogP contribution in [0.5, 0.6) is 0 Å². The van der Waals surface area contributed by atoms with Crippen LogP contribution in [-0.4, -0.2) is 18.3 Å². The van der Waals surface area contributed by atoms with Crippen LogP contribution < -0.4 is 5.32 Å². The van der Waals surface area contributed by atoms with Gasteiger partial charge < -0.3 is 5.32 Å². The fraction of sp³-hybridized carbons (Fsp3) is 0.500. The zero-order chi connectivity index (χ0) is 11.6. The first-order valence-corrected chi connectivity index (χ1v) is 5.39. The van der Waals surface area contributed by atoms with Crippen molar-refractivity contribution in [3.05, 3.63) is 35.9 Å². The van der Waals surface area contributed by atoms with Gasteiger partial charge in [-0.25, -0.2) is 0 Å². The Morgan fingerprint density at radius 2 is 1.75 bits per heavy atom. The van der Waals surface area contributed by atoms with Gasteiger partial charge in [0.1, 0.15) is 5.54 Å². The van der Waals surface area contributed by atoms with Crippen LogP contribution in [0, 0.1) is 0 Å². The maximum Gasteiger partial charge on any atom is 0.406 e. The minimum atomic E-state index is -4.11. The molecule has 0 spiro atoms. The Morgan fingerprint density at radius 3 is 2.25 bits per heavy atom. The van der Waals surface area contributed by atoms with Gasteiger partial charge in [0, 0.05) is 0 Å². The highest BCUT2D eigenvalue weighted by Crippen LogP contribution is 2.48. The number of halogens is 3. The molecule has 0 bridgehead atoms. The van der Waals surface area contributed by atoms with Crippen molar-refractivity contribution in [2.45, 2.75) is 31.0 Å². The van der Waals surface area contributed by atoms with Crippen molar-refractivity contribution in [1.82, 2.24) is 5.32 Å². The van der Waals surface area contributed by atoms with Crippen LogP contribution in [0.15, 0.2) is 30.3 Å². The molecule has 0 amide bonds. The fourth-order valence-corrected chi connectivity index (χ4v) is 1.78. The quantitative estimate of drug-likeness (QED) is 0.837. The van der Waals surface area contributed by atoms with Gasteiger partial charge in [-0.1, -0.05) is 30.3 Å². The molecule has 1 N–H and O–H groups in total. The second kappa shape index (κ2) is 4.09. The topological polar surface area (TPSA) is 12.0 Å². The molecule has 0 aliphatic heterocycles. The standard InChI is InChI=1S/C12H14F3N/c13-12(14,15)11(7-8-11)16-9-6-10-4-2-1-3-5-10/h1-5,16H,6-9H2. The molecule has 0 atom stereocenters. The number of rotatable bonds is 4. The van der Waals surface area contributed by atoms with Crippen LogP contribution >= 0.6 is 0 Å². The van der Waals surface area contributed by atoms with E-state index < -0.39 is 11.7 Å². The number of hydrogen-bond donors (Lipinski definition) is 1. The summed E-state index contributed by atoms with van der Waals surface area (Å²) in [5.41, 5.74) is -0.519. The molecule has 0 radical (unpaired) electrons. The molecular weight excluding hydrogens is 215 g/mol. The average Bonchev–Trinajstić information content (AvgIpc) is 3.00. The summed E-state index contributed by atoms with van der Waals surface area (Å²) in [6.07, 6.45) is -3.04. The molecule has 1 aliphatic rings. The molecule has 0 saturated heterocycles. The predicted molar refractivity (Wildman–Crippen MR) is 56.2 cm³/mol. The summed E-state index contributed by atoms with van der Waals surface area (Å²) >= 11 is 0. The van der Waals surface area contributed by atoms with Crippen molar-refractivity contribution >= 4 is 0 Å². The van der Waals surface area contributed by atoms with Crippen LogP contribution in [-0.2, 0) is 6.42 Å². The molecule has 2 rings (SSSR count). The van der Waals surface area contributed by atoms with E-state index in [1.807, 2.05) is 30.3 Å². The van der Waals surface area contributed by atoms with Gasteiger partial charge >= 0.3 is 6.18 Å². The Morgan fingerprint density at radius 1 is 1.12 bits per heavy atom. The largest absolute Gasteiger partial charge is 0.406 e. The van der Waals surface area contributed by atoms with Gasteiger partial charge in [0.2, 0.25) is 0 Å². The van der Waals surface area contributed by atoms with E-state index in [4.69, 9.17) is 0 Å². The third-order valence-electron chi connectivity index (χ3n) is 3.01. The molecule has 1 saturated carbocycles. The van der Waals surface area contributed by atoms with Crippen molar-refractivity contribution in [2.75, 3.05) is 6.54 Å². The Labute approximate surface area is 92.7 Å². The van der Waals surface area contributed by atoms with Crippen LogP contribution in [0.3, 0.4) is 0 Å². The molecule has 1 aromatic rings. The van der Waals surface area contributed by atoms with Crippen molar-refractivity contribution < 1.29 is 13.2 Å². The number of alkyl halides is 3. The van der Waals surface area contributed by atoms with Crippen molar-refractivity contribution in [3.63, 3.8) is 0 Å². The molecule has 1 aliphatic carbocycles. The molecule has 0 heterocycles. The van der Waals surface area contributed by atoms with Gasteiger partial charge in [-0.05, 0) is 31.4 Å². The lowest BCUT2D eigenvalue weighted by Gasteiger charge is -2.20. The Balaban J connectivity index is 1.81. The SMILES string of the molecule is FC(F)(F)C1(NCCc2ccccc2)CC1. The van der Waals surface area contributed by atoms with E-state index in [1.54, 1.807) is 0 Å². The van der Waals surface area contributed by atoms with E-state index >= 15 is 0 Å². The Kier molecular flexibility index (Phi) is 2.93. The van der Waals surface area contributed by atoms with Crippen LogP contribution in [0.2, 0.25) is 0 Å². The molecular formula is C12H14F3N. The first-order valence-electron chi connectivity index (χ1n) is 5.39. The van der Waals surface area contributed by atoms with Crippen LogP contribution in [0.4, 0.5) is 13.2 Å². The van der Waals surface area contributed by atoms with Gasteiger partial charge in [0.25, 0.3) is 0 Å². The molecule has 0 aromatic heterocycles. The van der Waals surface area contributed by atoms with Gasteiger partial charge in [0.05, 0.1) is 0 Å². The maximum absolute atomic E-state index is 12.6. The minimum absolute atomic E-state index is 0.214. The van der Waals surface area contributed by atoms with E-state index in [9.17, 15) is 13.2 Å². The van der Waals surface area contributed by atoms with E-state index in [-0.39, 0.29) is 12.8 Å². The molecule has 1 fully saturated rings. The highest BCUT2D eigenvalue weighted by atomic mass is 19.4. The monoisotopic (exact) mass is 229 g/mol. The molecule has 1 aromatic carbocycles. The summed E-state index contributed by atoms with van der Waals surface area (Å²) in [5.74, 6) is 0. The third kappa shape index (κ3) is 2.38. The van der Waals surface area contributed by atoms with E-state index in [1.165, 1.54) is 0 Å². The first kappa shape index (κ1) is 11.5. The van der Waals surface area contributed by atoms with Crippen molar-refractivity contribution in [1.29, 1.82) is 0 Å². The van der Waals surface area contributed by atoms with Crippen molar-refractivity contribution in [2.24, 2.45) is 0 Å². The summed E-state index contributed by atoms with van der Waals surface area (Å²) in [7, 11) is 0. The number of hydrogen-bond acceptors (Lipinski definition) is 1. The van der Waals surface area contributed by atoms with Gasteiger partial charge in [-0.3, -0.25) is 0 Å². The van der Waals surface area contributed by atoms with Crippen LogP contribution in [0.1, 0.15) is 18.4 Å². The van der Waals surface area contributed by atoms with Crippen molar-refractivity contribution in [3.8, 4) is 0 Å². The highest BCUT2D eigenvalue weighted by Gasteiger charge is 2.62. The van der Waals surface area contributed by atoms with Gasteiger partial charge in [0.15, 0.2) is 0 Å². The predicted octanol–water partition coefficient (Wildman–Crippen LogP) is 2.91. The van der Waals surface area contributed by atoms with Crippen LogP contribution in [0.25, 0.3) is 0 Å². The molecule has 1 nitrogen and oxygen atoms in total. The minimum Gasteiger partial charge on any atom is -0.303 e. The second-order valence-electron chi connectivity index (χ2n) is 4.24. The first-order chi connectivity index (χ1) is 7.54. The fourth-order valence-electron chi connectivity index (χ4n) is 1.78. The summed E-state index contributed by atoms with van der Waals surface area (Å²) in [5, 5.41) is 2.63. The van der Waals surface area contributed by atoms with E-state index in [0.717, 1.165) is 5.56 Å². The van der Waals surface area contributed by atoms with Gasteiger partial charge in [-0.2, -0.15) is 13.2 Å². The summed E-state index contributed by atoms with van der Waals surface area (Å²) < 4.78 is 37.7. The second-order valence-corrected chi connectivity index (χ2v) is 4.24. The highest BCUT2D eigenvalue weighted by molar-refractivity contribution is 5.15. The lowest BCUT2D eigenvalue weighted by Crippen LogP contribution is -2.45. The average molecular weight is 229 g/mol. The molecule has 4 heteroatoms. The number of nitrogens with one attached hydrogen (secondary N) is 1. The zero-order valence-electron chi connectivity index (χ0n) is 8.85. The Bertz CT molecular complexity index is 341. The summed E-state index contributed by atoms with van der Waals surface area (Å²) in [6.45, 7) is 0.378. The lowest BCUT2D eigenvalue weighted by molar-refractivity contribution is -0.165. The number of benzene rings is 1. The molecule has 16 heavy (non-hydrogen) atoms. The van der Waals surface area contributed by atoms with E-state index in [0.29, 0.717) is 13.0 Å². The Hall–Kier alpha value is -1.03. The lowest BCUT2D eigenvalue weighted by atomic mass is 10.1. The maximum atomic E-state index is 12.6. The zero-order valence-corrected chi connectivity index (χ0v) is 8.85.